The standard InChI is InChI=1S/C23H22ClN3O3/c1-14-4-3-9-27(13-14)21-12-19(23(29)30)18-11-17(7-8-20(18)26-21)25-22(28)15-5-2-6-16(24)10-15/h2,5-8,10-12,14H,3-4,9,13H2,1H3,(H,25,28)(H,29,30)/t14-/m1/s1. The lowest BCUT2D eigenvalue weighted by molar-refractivity contribution is 0.0698. The van der Waals surface area contributed by atoms with Gasteiger partial charge in [-0.05, 0) is 61.2 Å². The molecule has 3 aromatic rings. The number of piperidine rings is 1. The predicted molar refractivity (Wildman–Crippen MR) is 119 cm³/mol. The first kappa shape index (κ1) is 20.2. The van der Waals surface area contributed by atoms with Crippen LogP contribution in [0, 0.1) is 5.92 Å². The van der Waals surface area contributed by atoms with E-state index in [0.717, 1.165) is 19.5 Å². The number of pyridine rings is 1. The Bertz CT molecular complexity index is 1130. The van der Waals surface area contributed by atoms with Crippen molar-refractivity contribution in [2.45, 2.75) is 19.8 Å². The van der Waals surface area contributed by atoms with Gasteiger partial charge in [0.2, 0.25) is 0 Å². The molecule has 2 N–H and O–H groups in total. The fraction of sp³-hybridized carbons (Fsp3) is 0.261. The van der Waals surface area contributed by atoms with Gasteiger partial charge in [0.15, 0.2) is 0 Å². The molecule has 1 atom stereocenters. The molecule has 0 radical (unpaired) electrons. The van der Waals surface area contributed by atoms with E-state index in [1.807, 2.05) is 0 Å². The number of anilines is 2. The van der Waals surface area contributed by atoms with Crippen molar-refractivity contribution in [2.24, 2.45) is 5.92 Å². The maximum Gasteiger partial charge on any atom is 0.336 e. The molecule has 0 unspecified atom stereocenters. The number of nitrogens with zero attached hydrogens (tertiary/aromatic N) is 2. The lowest BCUT2D eigenvalue weighted by Crippen LogP contribution is -2.35. The summed E-state index contributed by atoms with van der Waals surface area (Å²) in [6.45, 7) is 3.93. The third kappa shape index (κ3) is 4.24. The van der Waals surface area contributed by atoms with Gasteiger partial charge >= 0.3 is 5.97 Å². The van der Waals surface area contributed by atoms with Gasteiger partial charge in [0, 0.05) is 34.7 Å². The number of aromatic carboxylic acids is 1. The Morgan fingerprint density at radius 3 is 2.77 bits per heavy atom. The first-order valence-corrected chi connectivity index (χ1v) is 10.3. The Hall–Kier alpha value is -3.12. The summed E-state index contributed by atoms with van der Waals surface area (Å²) in [6, 6.07) is 13.4. The molecule has 2 heterocycles. The van der Waals surface area contributed by atoms with Gasteiger partial charge < -0.3 is 15.3 Å². The molecule has 1 aromatic heterocycles. The predicted octanol–water partition coefficient (Wildman–Crippen LogP) is 5.08. The number of benzene rings is 2. The van der Waals surface area contributed by atoms with E-state index in [9.17, 15) is 14.7 Å². The summed E-state index contributed by atoms with van der Waals surface area (Å²) >= 11 is 5.96. The highest BCUT2D eigenvalue weighted by Crippen LogP contribution is 2.28. The Morgan fingerprint density at radius 1 is 1.20 bits per heavy atom. The van der Waals surface area contributed by atoms with Crippen molar-refractivity contribution >= 4 is 45.9 Å². The van der Waals surface area contributed by atoms with Crippen LogP contribution in [0.25, 0.3) is 10.9 Å². The summed E-state index contributed by atoms with van der Waals surface area (Å²) < 4.78 is 0. The van der Waals surface area contributed by atoms with Crippen LogP contribution in [-0.2, 0) is 0 Å². The van der Waals surface area contributed by atoms with Crippen LogP contribution in [-0.4, -0.2) is 35.1 Å². The van der Waals surface area contributed by atoms with Crippen LogP contribution in [0.15, 0.2) is 48.5 Å². The summed E-state index contributed by atoms with van der Waals surface area (Å²) in [7, 11) is 0. The van der Waals surface area contributed by atoms with E-state index in [1.165, 1.54) is 6.42 Å². The molecule has 154 valence electrons. The third-order valence-corrected chi connectivity index (χ3v) is 5.59. The number of carbonyl (C=O) groups excluding carboxylic acids is 1. The van der Waals surface area contributed by atoms with Gasteiger partial charge in [0.1, 0.15) is 5.82 Å². The van der Waals surface area contributed by atoms with Gasteiger partial charge in [-0.3, -0.25) is 4.79 Å². The monoisotopic (exact) mass is 423 g/mol. The topological polar surface area (TPSA) is 82.5 Å². The number of aromatic nitrogens is 1. The Labute approximate surface area is 179 Å². The molecule has 30 heavy (non-hydrogen) atoms. The molecule has 7 heteroatoms. The van der Waals surface area contributed by atoms with E-state index < -0.39 is 5.97 Å². The molecule has 4 rings (SSSR count). The number of hydrogen-bond acceptors (Lipinski definition) is 4. The van der Waals surface area contributed by atoms with Crippen molar-refractivity contribution < 1.29 is 14.7 Å². The van der Waals surface area contributed by atoms with Crippen molar-refractivity contribution in [2.75, 3.05) is 23.3 Å². The number of hydrogen-bond donors (Lipinski definition) is 2. The third-order valence-electron chi connectivity index (χ3n) is 5.35. The van der Waals surface area contributed by atoms with E-state index in [2.05, 4.69) is 17.1 Å². The van der Waals surface area contributed by atoms with Gasteiger partial charge in [-0.1, -0.05) is 24.6 Å². The fourth-order valence-corrected chi connectivity index (χ4v) is 4.05. The van der Waals surface area contributed by atoms with Crippen LogP contribution in [0.1, 0.15) is 40.5 Å². The molecule has 2 aromatic carbocycles. The maximum atomic E-state index is 12.5. The smallest absolute Gasteiger partial charge is 0.336 e. The van der Waals surface area contributed by atoms with Crippen LogP contribution in [0.2, 0.25) is 5.02 Å². The van der Waals surface area contributed by atoms with E-state index in [0.29, 0.717) is 38.9 Å². The van der Waals surface area contributed by atoms with Crippen molar-refractivity contribution in [1.29, 1.82) is 0 Å². The highest BCUT2D eigenvalue weighted by molar-refractivity contribution is 6.31. The lowest BCUT2D eigenvalue weighted by Gasteiger charge is -2.32. The van der Waals surface area contributed by atoms with E-state index in [1.54, 1.807) is 48.5 Å². The number of rotatable bonds is 4. The number of carboxylic acid groups (broad SMARTS) is 1. The molecule has 1 aliphatic heterocycles. The number of nitrogens with one attached hydrogen (secondary N) is 1. The second-order valence-corrected chi connectivity index (χ2v) is 8.16. The Morgan fingerprint density at radius 2 is 2.03 bits per heavy atom. The minimum atomic E-state index is -1.02. The average molecular weight is 424 g/mol. The van der Waals surface area contributed by atoms with Crippen molar-refractivity contribution in [3.05, 3.63) is 64.7 Å². The zero-order chi connectivity index (χ0) is 21.3. The van der Waals surface area contributed by atoms with E-state index >= 15 is 0 Å². The van der Waals surface area contributed by atoms with E-state index in [4.69, 9.17) is 16.6 Å². The molecule has 6 nitrogen and oxygen atoms in total. The fourth-order valence-electron chi connectivity index (χ4n) is 3.86. The maximum absolute atomic E-state index is 12.5. The minimum Gasteiger partial charge on any atom is -0.478 e. The van der Waals surface area contributed by atoms with Gasteiger partial charge in [-0.2, -0.15) is 0 Å². The highest BCUT2D eigenvalue weighted by Gasteiger charge is 2.21. The summed E-state index contributed by atoms with van der Waals surface area (Å²) in [5.41, 5.74) is 1.68. The molecule has 1 saturated heterocycles. The number of carbonyl (C=O) groups is 2. The first-order chi connectivity index (χ1) is 14.4. The van der Waals surface area contributed by atoms with Gasteiger partial charge in [0.25, 0.3) is 5.91 Å². The molecule has 1 amide bonds. The molecule has 0 aliphatic carbocycles. The second kappa shape index (κ2) is 8.32. The summed E-state index contributed by atoms with van der Waals surface area (Å²) in [5.74, 6) is -0.108. The number of carboxylic acids is 1. The number of amides is 1. The van der Waals surface area contributed by atoms with Crippen molar-refractivity contribution in [3.8, 4) is 0 Å². The molecule has 1 fully saturated rings. The average Bonchev–Trinajstić information content (AvgIpc) is 2.72. The van der Waals surface area contributed by atoms with Gasteiger partial charge in [-0.15, -0.1) is 0 Å². The summed E-state index contributed by atoms with van der Waals surface area (Å²) in [4.78, 5) is 31.3. The van der Waals surface area contributed by atoms with Crippen LogP contribution >= 0.6 is 11.6 Å². The second-order valence-electron chi connectivity index (χ2n) is 7.72. The normalized spacial score (nSPS) is 16.5. The Balaban J connectivity index is 1.68. The van der Waals surface area contributed by atoms with Crippen LogP contribution in [0.4, 0.5) is 11.5 Å². The number of halogens is 1. The molecular formula is C23H22ClN3O3. The Kier molecular flexibility index (Phi) is 5.59. The lowest BCUT2D eigenvalue weighted by atomic mass is 10.00. The van der Waals surface area contributed by atoms with Gasteiger partial charge in [-0.25, -0.2) is 9.78 Å². The van der Waals surface area contributed by atoms with E-state index in [-0.39, 0.29) is 11.5 Å². The molecule has 0 bridgehead atoms. The van der Waals surface area contributed by atoms with Crippen LogP contribution < -0.4 is 10.2 Å². The van der Waals surface area contributed by atoms with Gasteiger partial charge in [0.05, 0.1) is 11.1 Å². The highest BCUT2D eigenvalue weighted by atomic mass is 35.5. The zero-order valence-corrected chi connectivity index (χ0v) is 17.3. The SMILES string of the molecule is C[C@@H]1CCCN(c2cc(C(=O)O)c3cc(NC(=O)c4cccc(Cl)c4)ccc3n2)C1. The molecule has 1 aliphatic rings. The number of fused-ring (bicyclic) bond motifs is 1. The molecule has 0 spiro atoms. The largest absolute Gasteiger partial charge is 0.478 e. The van der Waals surface area contributed by atoms with Crippen molar-refractivity contribution in [1.82, 2.24) is 4.98 Å². The summed E-state index contributed by atoms with van der Waals surface area (Å²) in [6.07, 6.45) is 2.24. The molecule has 0 saturated carbocycles. The van der Waals surface area contributed by atoms with Crippen LogP contribution in [0.5, 0.6) is 0 Å². The minimum absolute atomic E-state index is 0.173. The quantitative estimate of drug-likeness (QED) is 0.611. The zero-order valence-electron chi connectivity index (χ0n) is 16.6. The summed E-state index contributed by atoms with van der Waals surface area (Å²) in [5, 5.41) is 13.5. The van der Waals surface area contributed by atoms with Crippen LogP contribution in [0.3, 0.4) is 0 Å². The van der Waals surface area contributed by atoms with Crippen molar-refractivity contribution in [3.63, 3.8) is 0 Å². The first-order valence-electron chi connectivity index (χ1n) is 9.90. The molecular weight excluding hydrogens is 402 g/mol.